The molecule has 3 N–H and O–H groups in total. The molecule has 0 radical (unpaired) electrons. The Kier molecular flexibility index (Phi) is 3.92. The smallest absolute Gasteiger partial charge is 0.322 e. The number of methoxy groups -OCH3 is 1. The number of nitrogens with zero attached hydrogens (tertiary/aromatic N) is 4. The van der Waals surface area contributed by atoms with Crippen LogP contribution in [0.4, 0.5) is 11.9 Å². The van der Waals surface area contributed by atoms with Gasteiger partial charge in [-0.3, -0.25) is 0 Å². The summed E-state index contributed by atoms with van der Waals surface area (Å²) in [4.78, 5) is 14.3. The molecule has 1 fully saturated rings. The van der Waals surface area contributed by atoms with Crippen LogP contribution in [0.1, 0.15) is 12.8 Å². The molecular formula is C10H18N6O. The summed E-state index contributed by atoms with van der Waals surface area (Å²) in [6.07, 6.45) is 2.60. The normalized spacial score (nSPS) is 16.1. The number of hydrogen-bond donors (Lipinski definition) is 2. The fourth-order valence-electron chi connectivity index (χ4n) is 1.87. The van der Waals surface area contributed by atoms with Gasteiger partial charge in [0, 0.05) is 13.1 Å². The average molecular weight is 238 g/mol. The first-order valence-electron chi connectivity index (χ1n) is 5.79. The first kappa shape index (κ1) is 11.8. The van der Waals surface area contributed by atoms with Crippen molar-refractivity contribution in [1.82, 2.24) is 19.9 Å². The number of hydrogen-bond acceptors (Lipinski definition) is 7. The highest BCUT2D eigenvalue weighted by molar-refractivity contribution is 5.32. The number of anilines is 2. The summed E-state index contributed by atoms with van der Waals surface area (Å²) in [6, 6.07) is 0.237. The fourth-order valence-corrected chi connectivity index (χ4v) is 1.87. The molecule has 1 aliphatic heterocycles. The molecule has 2 heterocycles. The first-order valence-corrected chi connectivity index (χ1v) is 5.79. The Labute approximate surface area is 100 Å². The van der Waals surface area contributed by atoms with E-state index in [1.165, 1.54) is 33.0 Å². The highest BCUT2D eigenvalue weighted by atomic mass is 16.5. The molecule has 0 bridgehead atoms. The highest BCUT2D eigenvalue weighted by Crippen LogP contribution is 2.09. The molecule has 2 rings (SSSR count). The monoisotopic (exact) mass is 238 g/mol. The molecule has 0 aromatic carbocycles. The summed E-state index contributed by atoms with van der Waals surface area (Å²) in [5.41, 5.74) is 5.54. The number of aromatic nitrogens is 3. The minimum Gasteiger partial charge on any atom is -0.467 e. The zero-order valence-electron chi connectivity index (χ0n) is 10.0. The Hall–Kier alpha value is -1.63. The second-order valence-corrected chi connectivity index (χ2v) is 3.98. The molecule has 0 amide bonds. The Morgan fingerprint density at radius 2 is 2.06 bits per heavy atom. The van der Waals surface area contributed by atoms with Gasteiger partial charge >= 0.3 is 6.01 Å². The molecule has 0 saturated carbocycles. The molecule has 1 aromatic rings. The van der Waals surface area contributed by atoms with E-state index in [9.17, 15) is 0 Å². The van der Waals surface area contributed by atoms with Crippen LogP contribution in [0.5, 0.6) is 6.01 Å². The summed E-state index contributed by atoms with van der Waals surface area (Å²) < 4.78 is 4.92. The zero-order chi connectivity index (χ0) is 12.1. The molecule has 0 aliphatic carbocycles. The molecule has 7 nitrogen and oxygen atoms in total. The second-order valence-electron chi connectivity index (χ2n) is 3.98. The van der Waals surface area contributed by atoms with E-state index in [0.717, 1.165) is 13.1 Å². The van der Waals surface area contributed by atoms with Crippen LogP contribution in [-0.4, -0.2) is 53.1 Å². The minimum atomic E-state index is 0.167. The molecule has 0 spiro atoms. The van der Waals surface area contributed by atoms with E-state index in [2.05, 4.69) is 25.2 Å². The maximum absolute atomic E-state index is 5.54. The maximum Gasteiger partial charge on any atom is 0.322 e. The maximum atomic E-state index is 5.54. The van der Waals surface area contributed by atoms with Gasteiger partial charge in [-0.15, -0.1) is 0 Å². The van der Waals surface area contributed by atoms with Crippen LogP contribution < -0.4 is 15.8 Å². The summed E-state index contributed by atoms with van der Waals surface area (Å²) in [5, 5.41) is 3.12. The lowest BCUT2D eigenvalue weighted by atomic mass is 10.4. The summed E-state index contributed by atoms with van der Waals surface area (Å²) in [6.45, 7) is 4.16. The summed E-state index contributed by atoms with van der Waals surface area (Å²) in [7, 11) is 1.50. The number of rotatable bonds is 5. The lowest BCUT2D eigenvalue weighted by molar-refractivity contribution is 0.352. The Morgan fingerprint density at radius 3 is 2.76 bits per heavy atom. The molecular weight excluding hydrogens is 220 g/mol. The lowest BCUT2D eigenvalue weighted by Gasteiger charge is -2.14. The zero-order valence-corrected chi connectivity index (χ0v) is 10.0. The van der Waals surface area contributed by atoms with Gasteiger partial charge in [-0.2, -0.15) is 15.0 Å². The molecule has 94 valence electrons. The van der Waals surface area contributed by atoms with E-state index in [-0.39, 0.29) is 12.0 Å². The third-order valence-electron chi connectivity index (χ3n) is 2.72. The second kappa shape index (κ2) is 5.62. The molecule has 7 heteroatoms. The van der Waals surface area contributed by atoms with Crippen LogP contribution in [-0.2, 0) is 0 Å². The molecule has 0 unspecified atom stereocenters. The number of likely N-dealkylation sites (tertiary alicyclic amines) is 1. The molecule has 0 atom stereocenters. The lowest BCUT2D eigenvalue weighted by Crippen LogP contribution is -2.26. The van der Waals surface area contributed by atoms with E-state index in [4.69, 9.17) is 10.5 Å². The molecule has 1 aliphatic rings. The van der Waals surface area contributed by atoms with Gasteiger partial charge in [-0.05, 0) is 25.9 Å². The largest absolute Gasteiger partial charge is 0.467 e. The van der Waals surface area contributed by atoms with Gasteiger partial charge < -0.3 is 20.7 Å². The third-order valence-corrected chi connectivity index (χ3v) is 2.72. The minimum absolute atomic E-state index is 0.167. The Balaban J connectivity index is 1.83. The molecule has 1 aromatic heterocycles. The predicted octanol–water partition coefficient (Wildman–Crippen LogP) is -0.0299. The molecule has 1 saturated heterocycles. The quantitative estimate of drug-likeness (QED) is 0.744. The van der Waals surface area contributed by atoms with E-state index in [1.54, 1.807) is 0 Å². The van der Waals surface area contributed by atoms with Gasteiger partial charge in [-0.1, -0.05) is 0 Å². The summed E-state index contributed by atoms with van der Waals surface area (Å²) >= 11 is 0. The Morgan fingerprint density at radius 1 is 1.29 bits per heavy atom. The SMILES string of the molecule is COc1nc(N)nc(NCCN2CCCC2)n1. The van der Waals surface area contributed by atoms with Gasteiger partial charge in [0.15, 0.2) is 0 Å². The topological polar surface area (TPSA) is 89.2 Å². The number of ether oxygens (including phenoxy) is 1. The van der Waals surface area contributed by atoms with Gasteiger partial charge in [0.25, 0.3) is 0 Å². The van der Waals surface area contributed by atoms with Crippen molar-refractivity contribution >= 4 is 11.9 Å². The van der Waals surface area contributed by atoms with Crippen LogP contribution in [0, 0.1) is 0 Å². The van der Waals surface area contributed by atoms with Gasteiger partial charge in [0.05, 0.1) is 7.11 Å². The third kappa shape index (κ3) is 3.42. The highest BCUT2D eigenvalue weighted by Gasteiger charge is 2.11. The first-order chi connectivity index (χ1) is 8.28. The van der Waals surface area contributed by atoms with E-state index in [1.807, 2.05) is 0 Å². The number of nitrogen functional groups attached to an aromatic ring is 1. The van der Waals surface area contributed by atoms with Gasteiger partial charge in [0.1, 0.15) is 0 Å². The Bertz CT molecular complexity index is 366. The standard InChI is InChI=1S/C10H18N6O/c1-17-10-14-8(11)13-9(15-10)12-4-7-16-5-2-3-6-16/h2-7H2,1H3,(H3,11,12,13,14,15). The van der Waals surface area contributed by atoms with Crippen molar-refractivity contribution in [3.8, 4) is 6.01 Å². The summed E-state index contributed by atoms with van der Waals surface area (Å²) in [5.74, 6) is 0.633. The van der Waals surface area contributed by atoms with Crippen molar-refractivity contribution < 1.29 is 4.74 Å². The van der Waals surface area contributed by atoms with Gasteiger partial charge in [0.2, 0.25) is 11.9 Å². The van der Waals surface area contributed by atoms with E-state index in [0.29, 0.717) is 5.95 Å². The van der Waals surface area contributed by atoms with Gasteiger partial charge in [-0.25, -0.2) is 0 Å². The van der Waals surface area contributed by atoms with Crippen LogP contribution in [0.25, 0.3) is 0 Å². The van der Waals surface area contributed by atoms with Crippen LogP contribution in [0.2, 0.25) is 0 Å². The van der Waals surface area contributed by atoms with Crippen LogP contribution >= 0.6 is 0 Å². The van der Waals surface area contributed by atoms with Crippen molar-refractivity contribution in [2.45, 2.75) is 12.8 Å². The van der Waals surface area contributed by atoms with Crippen LogP contribution in [0.15, 0.2) is 0 Å². The fraction of sp³-hybridized carbons (Fsp3) is 0.700. The average Bonchev–Trinajstić information content (AvgIpc) is 2.81. The van der Waals surface area contributed by atoms with Crippen LogP contribution in [0.3, 0.4) is 0 Å². The molecule has 17 heavy (non-hydrogen) atoms. The van der Waals surface area contributed by atoms with E-state index < -0.39 is 0 Å². The van der Waals surface area contributed by atoms with Crippen molar-refractivity contribution in [2.75, 3.05) is 44.3 Å². The number of nitrogens with two attached hydrogens (primary N) is 1. The van der Waals surface area contributed by atoms with E-state index >= 15 is 0 Å². The predicted molar refractivity (Wildman–Crippen MR) is 65.0 cm³/mol. The van der Waals surface area contributed by atoms with Crippen molar-refractivity contribution in [1.29, 1.82) is 0 Å². The number of nitrogens with one attached hydrogen (secondary N) is 1. The van der Waals surface area contributed by atoms with Crippen molar-refractivity contribution in [2.24, 2.45) is 0 Å². The van der Waals surface area contributed by atoms with Crippen molar-refractivity contribution in [3.05, 3.63) is 0 Å². The van der Waals surface area contributed by atoms with Crippen molar-refractivity contribution in [3.63, 3.8) is 0 Å².